The van der Waals surface area contributed by atoms with E-state index in [0.717, 1.165) is 37.9 Å². The van der Waals surface area contributed by atoms with Gasteiger partial charge in [-0.2, -0.15) is 0 Å². The number of hydrogen-bond acceptors (Lipinski definition) is 2. The van der Waals surface area contributed by atoms with Crippen molar-refractivity contribution in [3.8, 4) is 0 Å². The molecule has 0 unspecified atom stereocenters. The van der Waals surface area contributed by atoms with E-state index in [1.807, 2.05) is 0 Å². The molecule has 0 fully saturated rings. The highest BCUT2D eigenvalue weighted by molar-refractivity contribution is 4.45. The van der Waals surface area contributed by atoms with E-state index in [0.29, 0.717) is 6.79 Å². The minimum Gasteiger partial charge on any atom is -0.355 e. The summed E-state index contributed by atoms with van der Waals surface area (Å²) in [5, 5.41) is 0. The van der Waals surface area contributed by atoms with Crippen LogP contribution < -0.4 is 0 Å². The maximum absolute atomic E-state index is 5.38. The lowest BCUT2D eigenvalue weighted by molar-refractivity contribution is -0.0572. The van der Waals surface area contributed by atoms with Crippen molar-refractivity contribution in [3.05, 3.63) is 0 Å². The standard InChI is InChI=1S/C13H28O2/c1-12(2)7-5-6-9-14-11-15-10-8-13(3)4/h12-13H,5-11H2,1-4H3. The molecule has 2 heteroatoms. The Hall–Kier alpha value is -0.0800. The predicted molar refractivity (Wildman–Crippen MR) is 64.9 cm³/mol. The van der Waals surface area contributed by atoms with Crippen LogP contribution in [-0.4, -0.2) is 20.0 Å². The highest BCUT2D eigenvalue weighted by Crippen LogP contribution is 2.06. The van der Waals surface area contributed by atoms with Crippen LogP contribution in [0.4, 0.5) is 0 Å². The highest BCUT2D eigenvalue weighted by atomic mass is 16.7. The first-order valence-electron chi connectivity index (χ1n) is 6.28. The van der Waals surface area contributed by atoms with E-state index < -0.39 is 0 Å². The summed E-state index contributed by atoms with van der Waals surface area (Å²) in [5.41, 5.74) is 0. The van der Waals surface area contributed by atoms with Gasteiger partial charge in [0, 0.05) is 13.2 Å². The zero-order valence-corrected chi connectivity index (χ0v) is 10.9. The Morgan fingerprint density at radius 3 is 1.93 bits per heavy atom. The zero-order valence-electron chi connectivity index (χ0n) is 10.9. The van der Waals surface area contributed by atoms with Gasteiger partial charge >= 0.3 is 0 Å². The summed E-state index contributed by atoms with van der Waals surface area (Å²) in [6, 6.07) is 0. The van der Waals surface area contributed by atoms with Crippen molar-refractivity contribution in [2.75, 3.05) is 20.0 Å². The van der Waals surface area contributed by atoms with Gasteiger partial charge in [0.05, 0.1) is 0 Å². The largest absolute Gasteiger partial charge is 0.355 e. The van der Waals surface area contributed by atoms with Crippen LogP contribution in [0.1, 0.15) is 53.4 Å². The number of rotatable bonds is 10. The summed E-state index contributed by atoms with van der Waals surface area (Å²) in [6.45, 7) is 11.1. The molecule has 0 radical (unpaired) electrons. The molecule has 0 saturated carbocycles. The van der Waals surface area contributed by atoms with Gasteiger partial charge in [-0.25, -0.2) is 0 Å². The van der Waals surface area contributed by atoms with Gasteiger partial charge in [0.1, 0.15) is 6.79 Å². The summed E-state index contributed by atoms with van der Waals surface area (Å²) in [6.07, 6.45) is 4.85. The smallest absolute Gasteiger partial charge is 0.146 e. The van der Waals surface area contributed by atoms with Crippen molar-refractivity contribution >= 4 is 0 Å². The van der Waals surface area contributed by atoms with Crippen molar-refractivity contribution in [1.29, 1.82) is 0 Å². The molecule has 2 nitrogen and oxygen atoms in total. The lowest BCUT2D eigenvalue weighted by Gasteiger charge is -2.07. The lowest BCUT2D eigenvalue weighted by Crippen LogP contribution is -2.05. The molecule has 0 aliphatic carbocycles. The molecule has 0 rings (SSSR count). The number of hydrogen-bond donors (Lipinski definition) is 0. The van der Waals surface area contributed by atoms with E-state index in [2.05, 4.69) is 27.7 Å². The van der Waals surface area contributed by atoms with Crippen LogP contribution in [0.5, 0.6) is 0 Å². The molecule has 0 amide bonds. The van der Waals surface area contributed by atoms with Gasteiger partial charge in [0.2, 0.25) is 0 Å². The Bertz CT molecular complexity index is 108. The molecule has 92 valence electrons. The molecule has 0 heterocycles. The second-order valence-electron chi connectivity index (χ2n) is 5.01. The lowest BCUT2D eigenvalue weighted by atomic mass is 10.1. The number of unbranched alkanes of at least 4 members (excludes halogenated alkanes) is 1. The molecular formula is C13H28O2. The van der Waals surface area contributed by atoms with Gasteiger partial charge in [0.25, 0.3) is 0 Å². The van der Waals surface area contributed by atoms with Crippen LogP contribution in [0, 0.1) is 11.8 Å². The Balaban J connectivity index is 2.93. The second-order valence-corrected chi connectivity index (χ2v) is 5.01. The molecule has 0 spiro atoms. The van der Waals surface area contributed by atoms with Crippen molar-refractivity contribution in [2.24, 2.45) is 11.8 Å². The van der Waals surface area contributed by atoms with Gasteiger partial charge in [-0.05, 0) is 24.7 Å². The minimum atomic E-state index is 0.467. The molecule has 0 aromatic heterocycles. The fraction of sp³-hybridized carbons (Fsp3) is 1.00. The molecule has 0 aromatic rings. The molecule has 15 heavy (non-hydrogen) atoms. The summed E-state index contributed by atoms with van der Waals surface area (Å²) < 4.78 is 10.7. The quantitative estimate of drug-likeness (QED) is 0.408. The first-order valence-corrected chi connectivity index (χ1v) is 6.28. The van der Waals surface area contributed by atoms with Crippen LogP contribution in [-0.2, 0) is 9.47 Å². The van der Waals surface area contributed by atoms with Crippen LogP contribution in [0.25, 0.3) is 0 Å². The van der Waals surface area contributed by atoms with Crippen molar-refractivity contribution in [1.82, 2.24) is 0 Å². The summed E-state index contributed by atoms with van der Waals surface area (Å²) in [7, 11) is 0. The van der Waals surface area contributed by atoms with E-state index >= 15 is 0 Å². The van der Waals surface area contributed by atoms with Gasteiger partial charge in [-0.15, -0.1) is 0 Å². The third-order valence-electron chi connectivity index (χ3n) is 2.33. The fourth-order valence-corrected chi connectivity index (χ4v) is 1.25. The first kappa shape index (κ1) is 14.9. The summed E-state index contributed by atoms with van der Waals surface area (Å²) >= 11 is 0. The highest BCUT2D eigenvalue weighted by Gasteiger charge is 1.95. The average molecular weight is 216 g/mol. The third kappa shape index (κ3) is 13.9. The Morgan fingerprint density at radius 2 is 1.33 bits per heavy atom. The van der Waals surface area contributed by atoms with Gasteiger partial charge < -0.3 is 9.47 Å². The van der Waals surface area contributed by atoms with Gasteiger partial charge in [-0.1, -0.05) is 40.5 Å². The Morgan fingerprint density at radius 1 is 0.733 bits per heavy atom. The molecule has 0 aliphatic rings. The van der Waals surface area contributed by atoms with Crippen LogP contribution in [0.3, 0.4) is 0 Å². The van der Waals surface area contributed by atoms with Crippen LogP contribution in [0.15, 0.2) is 0 Å². The maximum Gasteiger partial charge on any atom is 0.146 e. The second kappa shape index (κ2) is 10.4. The monoisotopic (exact) mass is 216 g/mol. The molecule has 0 saturated heterocycles. The maximum atomic E-state index is 5.38. The predicted octanol–water partition coefficient (Wildman–Crippen LogP) is 3.85. The molecule has 0 aliphatic heterocycles. The van der Waals surface area contributed by atoms with Gasteiger partial charge in [0.15, 0.2) is 0 Å². The van der Waals surface area contributed by atoms with Crippen LogP contribution >= 0.6 is 0 Å². The molecular weight excluding hydrogens is 188 g/mol. The number of ether oxygens (including phenoxy) is 2. The molecule has 0 bridgehead atoms. The zero-order chi connectivity index (χ0) is 11.5. The van der Waals surface area contributed by atoms with Crippen molar-refractivity contribution in [2.45, 2.75) is 53.4 Å². The Labute approximate surface area is 95.3 Å². The van der Waals surface area contributed by atoms with E-state index in [1.54, 1.807) is 0 Å². The normalized spacial score (nSPS) is 11.6. The van der Waals surface area contributed by atoms with Crippen LogP contribution in [0.2, 0.25) is 0 Å². The molecule has 0 aromatic carbocycles. The van der Waals surface area contributed by atoms with Crippen molar-refractivity contribution < 1.29 is 9.47 Å². The van der Waals surface area contributed by atoms with Gasteiger partial charge in [-0.3, -0.25) is 0 Å². The summed E-state index contributed by atoms with van der Waals surface area (Å²) in [4.78, 5) is 0. The average Bonchev–Trinajstić information content (AvgIpc) is 2.14. The van der Waals surface area contributed by atoms with E-state index in [-0.39, 0.29) is 0 Å². The fourth-order valence-electron chi connectivity index (χ4n) is 1.25. The Kier molecular flexibility index (Phi) is 10.4. The first-order chi connectivity index (χ1) is 7.13. The SMILES string of the molecule is CC(C)CCCCOCOCCC(C)C. The van der Waals surface area contributed by atoms with E-state index in [1.165, 1.54) is 12.8 Å². The van der Waals surface area contributed by atoms with Crippen molar-refractivity contribution in [3.63, 3.8) is 0 Å². The molecule has 0 atom stereocenters. The summed E-state index contributed by atoms with van der Waals surface area (Å²) in [5.74, 6) is 1.53. The topological polar surface area (TPSA) is 18.5 Å². The molecule has 0 N–H and O–H groups in total. The minimum absolute atomic E-state index is 0.467. The third-order valence-corrected chi connectivity index (χ3v) is 2.33. The van der Waals surface area contributed by atoms with E-state index in [9.17, 15) is 0 Å². The van der Waals surface area contributed by atoms with E-state index in [4.69, 9.17) is 9.47 Å².